The van der Waals surface area contributed by atoms with Crippen molar-refractivity contribution in [1.29, 1.82) is 0 Å². The molecule has 1 saturated heterocycles. The van der Waals surface area contributed by atoms with Crippen LogP contribution < -0.4 is 10.2 Å². The third-order valence-electron chi connectivity index (χ3n) is 3.73. The van der Waals surface area contributed by atoms with E-state index < -0.39 is 0 Å². The third-order valence-corrected chi connectivity index (χ3v) is 3.73. The highest BCUT2D eigenvalue weighted by molar-refractivity contribution is 5.82. The quantitative estimate of drug-likeness (QED) is 0.867. The number of nitrogens with one attached hydrogen (secondary N) is 2. The van der Waals surface area contributed by atoms with Gasteiger partial charge in [-0.15, -0.1) is 0 Å². The Morgan fingerprint density at radius 3 is 3.21 bits per heavy atom. The summed E-state index contributed by atoms with van der Waals surface area (Å²) >= 11 is 0. The van der Waals surface area contributed by atoms with E-state index in [1.807, 2.05) is 0 Å². The molecule has 0 amide bonds. The molecule has 6 heteroatoms. The average Bonchev–Trinajstić information content (AvgIpc) is 2.94. The third kappa shape index (κ3) is 2.40. The zero-order valence-electron chi connectivity index (χ0n) is 11.3. The van der Waals surface area contributed by atoms with Crippen molar-refractivity contribution in [2.75, 3.05) is 24.5 Å². The lowest BCUT2D eigenvalue weighted by atomic mass is 10.0. The van der Waals surface area contributed by atoms with E-state index in [2.05, 4.69) is 37.1 Å². The van der Waals surface area contributed by atoms with Crippen molar-refractivity contribution in [3.8, 4) is 0 Å². The van der Waals surface area contributed by atoms with E-state index >= 15 is 0 Å². The molecule has 0 aliphatic carbocycles. The number of hydrogen-bond acceptors (Lipinski definition) is 5. The second-order valence-corrected chi connectivity index (χ2v) is 4.95. The maximum Gasteiger partial charge on any atom is 0.182 e. The first-order valence-corrected chi connectivity index (χ1v) is 7.01. The molecular weight excluding hydrogens is 240 g/mol. The Balaban J connectivity index is 1.91. The molecule has 0 bridgehead atoms. The van der Waals surface area contributed by atoms with Crippen molar-refractivity contribution < 1.29 is 0 Å². The Bertz CT molecular complexity index is 537. The van der Waals surface area contributed by atoms with Crippen LogP contribution in [0, 0.1) is 0 Å². The number of fused-ring (bicyclic) bond motifs is 1. The van der Waals surface area contributed by atoms with Crippen molar-refractivity contribution in [3.63, 3.8) is 0 Å². The number of aromatic amines is 1. The van der Waals surface area contributed by atoms with Gasteiger partial charge >= 0.3 is 0 Å². The summed E-state index contributed by atoms with van der Waals surface area (Å²) in [6.45, 7) is 5.22. The number of likely N-dealkylation sites (N-methyl/N-ethyl adjacent to an activating group) is 1. The minimum Gasteiger partial charge on any atom is -0.350 e. The molecule has 1 aliphatic heterocycles. The van der Waals surface area contributed by atoms with Crippen LogP contribution in [0.15, 0.2) is 12.7 Å². The van der Waals surface area contributed by atoms with Gasteiger partial charge in [-0.1, -0.05) is 6.92 Å². The lowest BCUT2D eigenvalue weighted by Gasteiger charge is -2.36. The smallest absolute Gasteiger partial charge is 0.182 e. The highest BCUT2D eigenvalue weighted by Gasteiger charge is 2.25. The molecule has 0 aromatic carbocycles. The van der Waals surface area contributed by atoms with Crippen molar-refractivity contribution in [2.45, 2.75) is 32.2 Å². The monoisotopic (exact) mass is 260 g/mol. The van der Waals surface area contributed by atoms with Crippen LogP contribution in [-0.2, 0) is 0 Å². The van der Waals surface area contributed by atoms with Crippen LogP contribution in [0.1, 0.15) is 26.2 Å². The maximum absolute atomic E-state index is 4.48. The summed E-state index contributed by atoms with van der Waals surface area (Å²) in [5, 5.41) is 3.45. The fourth-order valence-electron chi connectivity index (χ4n) is 2.77. The van der Waals surface area contributed by atoms with Crippen LogP contribution in [0.3, 0.4) is 0 Å². The van der Waals surface area contributed by atoms with E-state index in [1.165, 1.54) is 19.3 Å². The number of H-pyrrole nitrogens is 1. The Morgan fingerprint density at radius 2 is 2.32 bits per heavy atom. The van der Waals surface area contributed by atoms with E-state index in [0.29, 0.717) is 6.04 Å². The molecule has 2 aromatic rings. The number of nitrogens with zero attached hydrogens (tertiary/aromatic N) is 4. The van der Waals surface area contributed by atoms with Gasteiger partial charge in [0.2, 0.25) is 0 Å². The predicted molar refractivity (Wildman–Crippen MR) is 75.2 cm³/mol. The van der Waals surface area contributed by atoms with Gasteiger partial charge in [0.25, 0.3) is 0 Å². The van der Waals surface area contributed by atoms with Crippen LogP contribution in [0.4, 0.5) is 5.82 Å². The Hall–Kier alpha value is -1.69. The maximum atomic E-state index is 4.48. The van der Waals surface area contributed by atoms with Crippen molar-refractivity contribution in [3.05, 3.63) is 12.7 Å². The van der Waals surface area contributed by atoms with E-state index in [1.54, 1.807) is 12.7 Å². The molecule has 1 aliphatic rings. The summed E-state index contributed by atoms with van der Waals surface area (Å²) in [4.78, 5) is 18.4. The molecule has 1 atom stereocenters. The van der Waals surface area contributed by atoms with E-state index in [-0.39, 0.29) is 0 Å². The predicted octanol–water partition coefficient (Wildman–Crippen LogP) is 1.32. The first-order chi connectivity index (χ1) is 9.40. The number of piperidine rings is 1. The van der Waals surface area contributed by atoms with Crippen molar-refractivity contribution in [1.82, 2.24) is 25.3 Å². The second-order valence-electron chi connectivity index (χ2n) is 4.95. The molecule has 2 aromatic heterocycles. The van der Waals surface area contributed by atoms with Crippen LogP contribution in [0.25, 0.3) is 11.2 Å². The van der Waals surface area contributed by atoms with Crippen molar-refractivity contribution in [2.24, 2.45) is 0 Å². The number of hydrogen-bond donors (Lipinski definition) is 2. The average molecular weight is 260 g/mol. The molecule has 1 fully saturated rings. The number of rotatable bonds is 4. The largest absolute Gasteiger partial charge is 0.350 e. The zero-order chi connectivity index (χ0) is 13.1. The molecule has 19 heavy (non-hydrogen) atoms. The van der Waals surface area contributed by atoms with Crippen LogP contribution in [-0.4, -0.2) is 45.6 Å². The second kappa shape index (κ2) is 5.52. The standard InChI is InChI=1S/C13H20N6/c1-2-14-7-10-5-3-4-6-19(10)13-11-12(16-8-15-11)17-9-18-13/h8-10,14H,2-7H2,1H3,(H,15,16,17,18). The van der Waals surface area contributed by atoms with Gasteiger partial charge in [0.05, 0.1) is 6.33 Å². The van der Waals surface area contributed by atoms with Gasteiger partial charge in [-0.2, -0.15) is 0 Å². The highest BCUT2D eigenvalue weighted by atomic mass is 15.2. The van der Waals surface area contributed by atoms with E-state index in [9.17, 15) is 0 Å². The SMILES string of the molecule is CCNCC1CCCCN1c1ncnc2nc[nH]c12. The fraction of sp³-hybridized carbons (Fsp3) is 0.615. The summed E-state index contributed by atoms with van der Waals surface area (Å²) in [6, 6.07) is 0.509. The molecule has 2 N–H and O–H groups in total. The van der Waals surface area contributed by atoms with Crippen LogP contribution in [0.2, 0.25) is 0 Å². The van der Waals surface area contributed by atoms with Gasteiger partial charge in [0.15, 0.2) is 11.5 Å². The fourth-order valence-corrected chi connectivity index (χ4v) is 2.77. The minimum atomic E-state index is 0.509. The topological polar surface area (TPSA) is 69.7 Å². The molecule has 3 heterocycles. The van der Waals surface area contributed by atoms with Gasteiger partial charge < -0.3 is 15.2 Å². The van der Waals surface area contributed by atoms with E-state index in [0.717, 1.165) is 36.6 Å². The van der Waals surface area contributed by atoms with Crippen molar-refractivity contribution >= 4 is 17.0 Å². The summed E-state index contributed by atoms with van der Waals surface area (Å²) in [7, 11) is 0. The highest BCUT2D eigenvalue weighted by Crippen LogP contribution is 2.26. The summed E-state index contributed by atoms with van der Waals surface area (Å²) < 4.78 is 0. The number of aromatic nitrogens is 4. The molecular formula is C13H20N6. The summed E-state index contributed by atoms with van der Waals surface area (Å²) in [6.07, 6.45) is 7.03. The first-order valence-electron chi connectivity index (χ1n) is 7.01. The minimum absolute atomic E-state index is 0.509. The summed E-state index contributed by atoms with van der Waals surface area (Å²) in [5.74, 6) is 0.991. The Morgan fingerprint density at radius 1 is 1.37 bits per heavy atom. The Labute approximate surface area is 112 Å². The lowest BCUT2D eigenvalue weighted by molar-refractivity contribution is 0.437. The molecule has 0 spiro atoms. The van der Waals surface area contributed by atoms with Gasteiger partial charge in [-0.3, -0.25) is 0 Å². The van der Waals surface area contributed by atoms with Crippen LogP contribution in [0.5, 0.6) is 0 Å². The molecule has 0 saturated carbocycles. The molecule has 102 valence electrons. The normalized spacial score (nSPS) is 20.1. The van der Waals surface area contributed by atoms with Gasteiger partial charge in [0.1, 0.15) is 11.8 Å². The number of anilines is 1. The Kier molecular flexibility index (Phi) is 3.59. The van der Waals surface area contributed by atoms with Gasteiger partial charge in [-0.25, -0.2) is 15.0 Å². The molecule has 3 rings (SSSR count). The number of imidazole rings is 1. The van der Waals surface area contributed by atoms with Gasteiger partial charge in [0, 0.05) is 19.1 Å². The molecule has 1 unspecified atom stereocenters. The molecule has 0 radical (unpaired) electrons. The summed E-state index contributed by atoms with van der Waals surface area (Å²) in [5.41, 5.74) is 1.70. The van der Waals surface area contributed by atoms with Gasteiger partial charge in [-0.05, 0) is 25.8 Å². The zero-order valence-corrected chi connectivity index (χ0v) is 11.3. The first kappa shape index (κ1) is 12.3. The van der Waals surface area contributed by atoms with Crippen LogP contribution >= 0.6 is 0 Å². The van der Waals surface area contributed by atoms with E-state index in [4.69, 9.17) is 0 Å². The lowest BCUT2D eigenvalue weighted by Crippen LogP contribution is -2.46. The molecule has 6 nitrogen and oxygen atoms in total.